The molecule has 0 aliphatic carbocycles. The Hall–Kier alpha value is -1.64. The third-order valence-corrected chi connectivity index (χ3v) is 1.92. The Morgan fingerprint density at radius 3 is 2.65 bits per heavy atom. The maximum absolute atomic E-state index is 12.6. The zero-order valence-electron chi connectivity index (χ0n) is 8.86. The minimum absolute atomic E-state index is 0.108. The van der Waals surface area contributed by atoms with Crippen LogP contribution in [-0.2, 0) is 17.5 Å². The number of hydrogen-bond donors (Lipinski definition) is 1. The van der Waals surface area contributed by atoms with Crippen LogP contribution in [0.15, 0.2) is 0 Å². The molecule has 0 aliphatic heterocycles. The van der Waals surface area contributed by atoms with Crippen LogP contribution in [0.1, 0.15) is 22.6 Å². The third-order valence-electron chi connectivity index (χ3n) is 1.92. The summed E-state index contributed by atoms with van der Waals surface area (Å²) in [5.74, 6) is -1.75. The predicted molar refractivity (Wildman–Crippen MR) is 48.5 cm³/mol. The molecule has 17 heavy (non-hydrogen) atoms. The summed E-state index contributed by atoms with van der Waals surface area (Å²) >= 11 is 0. The summed E-state index contributed by atoms with van der Waals surface area (Å²) in [6, 6.07) is 0. The molecule has 9 heteroatoms. The van der Waals surface area contributed by atoms with Crippen LogP contribution in [0.2, 0.25) is 0 Å². The van der Waals surface area contributed by atoms with Gasteiger partial charge in [0.15, 0.2) is 5.69 Å². The lowest BCUT2D eigenvalue weighted by Gasteiger charge is -2.09. The maximum atomic E-state index is 12.6. The summed E-state index contributed by atoms with van der Waals surface area (Å²) in [6.07, 6.45) is -4.52. The molecule has 0 aliphatic rings. The number of aromatic nitrogens is 3. The number of nitrogens with zero attached hydrogens (tertiary/aromatic N) is 3. The van der Waals surface area contributed by atoms with Crippen LogP contribution in [0, 0.1) is 0 Å². The van der Waals surface area contributed by atoms with Crippen molar-refractivity contribution in [3.05, 3.63) is 11.4 Å². The first-order valence-electron chi connectivity index (χ1n) is 4.61. The zero-order chi connectivity index (χ0) is 13.1. The molecule has 0 unspecified atom stereocenters. The van der Waals surface area contributed by atoms with Crippen molar-refractivity contribution in [1.82, 2.24) is 15.0 Å². The van der Waals surface area contributed by atoms with Crippen LogP contribution in [0.5, 0.6) is 0 Å². The fourth-order valence-corrected chi connectivity index (χ4v) is 1.25. The molecule has 0 atom stereocenters. The topological polar surface area (TPSA) is 77.2 Å². The summed E-state index contributed by atoms with van der Waals surface area (Å²) in [6.45, 7) is 0.141. The van der Waals surface area contributed by atoms with Gasteiger partial charge in [-0.3, -0.25) is 0 Å². The normalized spacial score (nSPS) is 11.8. The highest BCUT2D eigenvalue weighted by molar-refractivity contribution is 5.86. The van der Waals surface area contributed by atoms with Crippen LogP contribution >= 0.6 is 0 Å². The van der Waals surface area contributed by atoms with Crippen LogP contribution in [0.25, 0.3) is 0 Å². The Kier molecular flexibility index (Phi) is 4.05. The molecule has 1 N–H and O–H groups in total. The number of carboxylic acids is 1. The Morgan fingerprint density at radius 2 is 2.18 bits per heavy atom. The van der Waals surface area contributed by atoms with Crippen molar-refractivity contribution in [3.8, 4) is 0 Å². The number of halogens is 3. The summed E-state index contributed by atoms with van der Waals surface area (Å²) in [7, 11) is 1.41. The molecule has 96 valence electrons. The molecule has 0 saturated carbocycles. The number of aryl methyl sites for hydroxylation is 1. The lowest BCUT2D eigenvalue weighted by Crippen LogP contribution is -2.19. The van der Waals surface area contributed by atoms with Gasteiger partial charge in [-0.15, -0.1) is 5.10 Å². The van der Waals surface area contributed by atoms with E-state index in [-0.39, 0.29) is 19.6 Å². The molecule has 6 nitrogen and oxygen atoms in total. The molecule has 0 amide bonds. The average molecular weight is 253 g/mol. The summed E-state index contributed by atoms with van der Waals surface area (Å²) < 4.78 is 43.1. The Balaban J connectivity index is 3.01. The van der Waals surface area contributed by atoms with Gasteiger partial charge in [-0.25, -0.2) is 9.48 Å². The first-order chi connectivity index (χ1) is 7.88. The Labute approximate surface area is 94.0 Å². The number of carboxylic acid groups (broad SMARTS) is 1. The second kappa shape index (κ2) is 5.13. The Bertz CT molecular complexity index is 402. The van der Waals surface area contributed by atoms with Crippen molar-refractivity contribution >= 4 is 5.97 Å². The van der Waals surface area contributed by atoms with E-state index in [1.165, 1.54) is 7.11 Å². The van der Waals surface area contributed by atoms with Crippen molar-refractivity contribution in [2.75, 3.05) is 13.7 Å². The molecule has 1 rings (SSSR count). The van der Waals surface area contributed by atoms with Gasteiger partial charge >= 0.3 is 12.1 Å². The molecule has 0 aromatic carbocycles. The molecule has 0 saturated heterocycles. The fraction of sp³-hybridized carbons (Fsp3) is 0.625. The number of carbonyl (C=O) groups is 1. The quantitative estimate of drug-likeness (QED) is 0.793. The van der Waals surface area contributed by atoms with Crippen molar-refractivity contribution in [2.24, 2.45) is 0 Å². The summed E-state index contributed by atoms with van der Waals surface area (Å²) in [4.78, 5) is 10.6. The van der Waals surface area contributed by atoms with Crippen LogP contribution < -0.4 is 0 Å². The SMILES string of the molecule is COCCCn1nnc(C(=O)O)c1C(F)(F)F. The van der Waals surface area contributed by atoms with Gasteiger partial charge in [0.25, 0.3) is 0 Å². The zero-order valence-corrected chi connectivity index (χ0v) is 8.86. The van der Waals surface area contributed by atoms with E-state index in [1.54, 1.807) is 0 Å². The number of alkyl halides is 3. The molecule has 0 bridgehead atoms. The van der Waals surface area contributed by atoms with E-state index in [1.807, 2.05) is 0 Å². The molecular formula is C8H10F3N3O3. The van der Waals surface area contributed by atoms with Gasteiger partial charge in [0.05, 0.1) is 0 Å². The average Bonchev–Trinajstić information content (AvgIpc) is 2.61. The number of ether oxygens (including phenoxy) is 1. The van der Waals surface area contributed by atoms with Gasteiger partial charge in [-0.2, -0.15) is 13.2 Å². The van der Waals surface area contributed by atoms with Gasteiger partial charge in [0.1, 0.15) is 0 Å². The van der Waals surface area contributed by atoms with Gasteiger partial charge < -0.3 is 9.84 Å². The Morgan fingerprint density at radius 1 is 1.53 bits per heavy atom. The molecule has 1 aromatic rings. The highest BCUT2D eigenvalue weighted by atomic mass is 19.4. The lowest BCUT2D eigenvalue weighted by atomic mass is 10.3. The highest BCUT2D eigenvalue weighted by Gasteiger charge is 2.41. The molecule has 1 heterocycles. The smallest absolute Gasteiger partial charge is 0.435 e. The highest BCUT2D eigenvalue weighted by Crippen LogP contribution is 2.31. The second-order valence-electron chi connectivity index (χ2n) is 3.16. The molecule has 0 fully saturated rings. The predicted octanol–water partition coefficient (Wildman–Crippen LogP) is 1.03. The molecule has 0 radical (unpaired) electrons. The van der Waals surface area contributed by atoms with Gasteiger partial charge in [0, 0.05) is 20.3 Å². The first-order valence-corrected chi connectivity index (χ1v) is 4.61. The van der Waals surface area contributed by atoms with E-state index < -0.39 is 23.5 Å². The number of hydrogen-bond acceptors (Lipinski definition) is 4. The summed E-state index contributed by atoms with van der Waals surface area (Å²) in [5, 5.41) is 14.8. The van der Waals surface area contributed by atoms with Crippen molar-refractivity contribution in [2.45, 2.75) is 19.1 Å². The second-order valence-corrected chi connectivity index (χ2v) is 3.16. The molecule has 1 aromatic heterocycles. The fourth-order valence-electron chi connectivity index (χ4n) is 1.25. The molecule has 0 spiro atoms. The summed E-state index contributed by atoms with van der Waals surface area (Å²) in [5.41, 5.74) is -2.43. The van der Waals surface area contributed by atoms with E-state index in [2.05, 4.69) is 15.0 Å². The monoisotopic (exact) mass is 253 g/mol. The standard InChI is InChI=1S/C8H10F3N3O3/c1-17-4-2-3-14-6(8(9,10)11)5(7(15)16)12-13-14/h2-4H2,1H3,(H,15,16). The van der Waals surface area contributed by atoms with Crippen molar-refractivity contribution < 1.29 is 27.8 Å². The van der Waals surface area contributed by atoms with E-state index >= 15 is 0 Å². The van der Waals surface area contributed by atoms with Crippen LogP contribution in [0.4, 0.5) is 13.2 Å². The van der Waals surface area contributed by atoms with Gasteiger partial charge in [0.2, 0.25) is 5.69 Å². The van der Waals surface area contributed by atoms with Gasteiger partial charge in [-0.05, 0) is 6.42 Å². The van der Waals surface area contributed by atoms with E-state index in [0.29, 0.717) is 4.68 Å². The number of rotatable bonds is 5. The largest absolute Gasteiger partial charge is 0.476 e. The minimum Gasteiger partial charge on any atom is -0.476 e. The van der Waals surface area contributed by atoms with E-state index in [4.69, 9.17) is 5.11 Å². The molecular weight excluding hydrogens is 243 g/mol. The first kappa shape index (κ1) is 13.4. The number of aromatic carboxylic acids is 1. The van der Waals surface area contributed by atoms with Crippen LogP contribution in [-0.4, -0.2) is 39.8 Å². The van der Waals surface area contributed by atoms with Crippen molar-refractivity contribution in [1.29, 1.82) is 0 Å². The van der Waals surface area contributed by atoms with E-state index in [0.717, 1.165) is 0 Å². The minimum atomic E-state index is -4.80. The number of methoxy groups -OCH3 is 1. The van der Waals surface area contributed by atoms with E-state index in [9.17, 15) is 18.0 Å². The van der Waals surface area contributed by atoms with Crippen molar-refractivity contribution in [3.63, 3.8) is 0 Å². The van der Waals surface area contributed by atoms with Crippen LogP contribution in [0.3, 0.4) is 0 Å². The third kappa shape index (κ3) is 3.16. The van der Waals surface area contributed by atoms with Gasteiger partial charge in [-0.1, -0.05) is 5.21 Å². The lowest BCUT2D eigenvalue weighted by molar-refractivity contribution is -0.144. The maximum Gasteiger partial charge on any atom is 0.435 e.